The predicted octanol–water partition coefficient (Wildman–Crippen LogP) is 1.77. The van der Waals surface area contributed by atoms with E-state index in [1.54, 1.807) is 19.3 Å². The van der Waals surface area contributed by atoms with Crippen LogP contribution in [0.3, 0.4) is 0 Å². The Morgan fingerprint density at radius 2 is 2.15 bits per heavy atom. The van der Waals surface area contributed by atoms with Gasteiger partial charge in [-0.3, -0.25) is 14.6 Å². The molecule has 108 valence electrons. The zero-order chi connectivity index (χ0) is 14.6. The van der Waals surface area contributed by atoms with Crippen molar-refractivity contribution >= 4 is 11.9 Å². The summed E-state index contributed by atoms with van der Waals surface area (Å²) < 4.78 is 0. The number of rotatable bonds is 5. The Morgan fingerprint density at radius 3 is 2.80 bits per heavy atom. The normalized spacial score (nSPS) is 25.4. The van der Waals surface area contributed by atoms with Crippen molar-refractivity contribution in [3.05, 3.63) is 30.1 Å². The van der Waals surface area contributed by atoms with Gasteiger partial charge in [0.05, 0.1) is 5.41 Å². The number of hydrogen-bond acceptors (Lipinski definition) is 3. The number of carbonyl (C=O) groups excluding carboxylic acids is 1. The van der Waals surface area contributed by atoms with E-state index in [1.165, 1.54) is 0 Å². The lowest BCUT2D eigenvalue weighted by Gasteiger charge is -2.27. The van der Waals surface area contributed by atoms with E-state index in [9.17, 15) is 14.7 Å². The third-order valence-corrected chi connectivity index (χ3v) is 4.17. The lowest BCUT2D eigenvalue weighted by atomic mass is 9.85. The van der Waals surface area contributed by atoms with Gasteiger partial charge < -0.3 is 10.4 Å². The number of nitrogens with zero attached hydrogens (tertiary/aromatic N) is 1. The van der Waals surface area contributed by atoms with Gasteiger partial charge in [0.15, 0.2) is 0 Å². The number of carboxylic acids is 1. The van der Waals surface area contributed by atoms with E-state index in [1.807, 2.05) is 12.1 Å². The smallest absolute Gasteiger partial charge is 0.311 e. The molecule has 2 N–H and O–H groups in total. The number of pyridine rings is 1. The molecule has 0 radical (unpaired) electrons. The Labute approximate surface area is 118 Å². The number of nitrogens with one attached hydrogen (secondary N) is 1. The fourth-order valence-electron chi connectivity index (χ4n) is 2.73. The molecule has 20 heavy (non-hydrogen) atoms. The topological polar surface area (TPSA) is 79.3 Å². The summed E-state index contributed by atoms with van der Waals surface area (Å²) in [6.07, 6.45) is 6.62. The van der Waals surface area contributed by atoms with Gasteiger partial charge in [0.25, 0.3) is 0 Å². The highest BCUT2D eigenvalue weighted by Crippen LogP contribution is 2.38. The molecule has 2 atom stereocenters. The third-order valence-electron chi connectivity index (χ3n) is 4.17. The van der Waals surface area contributed by atoms with Gasteiger partial charge in [-0.15, -0.1) is 0 Å². The van der Waals surface area contributed by atoms with Crippen LogP contribution in [-0.4, -0.2) is 28.0 Å². The molecule has 1 amide bonds. The highest BCUT2D eigenvalue weighted by atomic mass is 16.4. The van der Waals surface area contributed by atoms with Crippen LogP contribution in [-0.2, 0) is 16.0 Å². The Bertz CT molecular complexity index is 489. The predicted molar refractivity (Wildman–Crippen MR) is 74.1 cm³/mol. The van der Waals surface area contributed by atoms with Crippen LogP contribution in [0.1, 0.15) is 38.2 Å². The Kier molecular flexibility index (Phi) is 4.37. The van der Waals surface area contributed by atoms with Crippen LogP contribution < -0.4 is 5.32 Å². The van der Waals surface area contributed by atoms with E-state index >= 15 is 0 Å². The van der Waals surface area contributed by atoms with Crippen LogP contribution >= 0.6 is 0 Å². The number of aryl methyl sites for hydroxylation is 1. The van der Waals surface area contributed by atoms with E-state index < -0.39 is 11.4 Å². The molecule has 1 saturated carbocycles. The van der Waals surface area contributed by atoms with Gasteiger partial charge in [-0.05, 0) is 43.9 Å². The molecule has 2 rings (SSSR count). The quantitative estimate of drug-likeness (QED) is 0.859. The zero-order valence-corrected chi connectivity index (χ0v) is 11.6. The summed E-state index contributed by atoms with van der Waals surface area (Å²) in [5.74, 6) is -0.907. The number of carbonyl (C=O) groups is 2. The highest BCUT2D eigenvalue weighted by molar-refractivity contribution is 5.80. The van der Waals surface area contributed by atoms with Crippen LogP contribution in [0.25, 0.3) is 0 Å². The van der Waals surface area contributed by atoms with Crippen molar-refractivity contribution < 1.29 is 14.7 Å². The molecule has 2 unspecified atom stereocenters. The van der Waals surface area contributed by atoms with E-state index in [-0.39, 0.29) is 11.9 Å². The number of hydrogen-bond donors (Lipinski definition) is 2. The van der Waals surface area contributed by atoms with Gasteiger partial charge in [0, 0.05) is 24.9 Å². The maximum Gasteiger partial charge on any atom is 0.311 e. The summed E-state index contributed by atoms with van der Waals surface area (Å²) in [4.78, 5) is 27.2. The van der Waals surface area contributed by atoms with Gasteiger partial charge in [-0.25, -0.2) is 0 Å². The number of carboxylic acid groups (broad SMARTS) is 1. The summed E-state index contributed by atoms with van der Waals surface area (Å²) in [5.41, 5.74) is 0.231. The molecule has 1 aliphatic rings. The molecule has 0 bridgehead atoms. The van der Waals surface area contributed by atoms with Crippen molar-refractivity contribution in [3.63, 3.8) is 0 Å². The summed E-state index contributed by atoms with van der Waals surface area (Å²) in [7, 11) is 0. The van der Waals surface area contributed by atoms with E-state index in [4.69, 9.17) is 0 Å². The molecule has 1 aromatic heterocycles. The lowest BCUT2D eigenvalue weighted by molar-refractivity contribution is -0.149. The summed E-state index contributed by atoms with van der Waals surface area (Å²) in [5, 5.41) is 12.2. The Balaban J connectivity index is 1.87. The minimum absolute atomic E-state index is 0.0822. The Morgan fingerprint density at radius 1 is 1.45 bits per heavy atom. The zero-order valence-electron chi connectivity index (χ0n) is 11.6. The summed E-state index contributed by atoms with van der Waals surface area (Å²) in [6.45, 7) is 1.72. The first-order chi connectivity index (χ1) is 9.52. The molecule has 5 nitrogen and oxygen atoms in total. The maximum absolute atomic E-state index is 12.0. The molecule has 5 heteroatoms. The first kappa shape index (κ1) is 14.5. The van der Waals surface area contributed by atoms with Crippen LogP contribution in [0, 0.1) is 5.41 Å². The second kappa shape index (κ2) is 6.03. The minimum Gasteiger partial charge on any atom is -0.481 e. The summed E-state index contributed by atoms with van der Waals surface area (Å²) in [6, 6.07) is 3.50. The molecular weight excluding hydrogens is 256 g/mol. The third kappa shape index (κ3) is 3.15. The SMILES string of the molecule is CC1(C(=O)O)CCCC1NC(=O)CCc1ccncc1. The number of amides is 1. The lowest BCUT2D eigenvalue weighted by Crippen LogP contribution is -2.47. The van der Waals surface area contributed by atoms with Crippen LogP contribution in [0.15, 0.2) is 24.5 Å². The molecule has 0 saturated heterocycles. The molecule has 0 aromatic carbocycles. The van der Waals surface area contributed by atoms with Crippen molar-refractivity contribution in [2.24, 2.45) is 5.41 Å². The average molecular weight is 276 g/mol. The summed E-state index contributed by atoms with van der Waals surface area (Å²) >= 11 is 0. The van der Waals surface area contributed by atoms with E-state index in [0.717, 1.165) is 18.4 Å². The largest absolute Gasteiger partial charge is 0.481 e. The molecular formula is C15H20N2O3. The second-order valence-electron chi connectivity index (χ2n) is 5.59. The fourth-order valence-corrected chi connectivity index (χ4v) is 2.73. The molecule has 1 aliphatic carbocycles. The van der Waals surface area contributed by atoms with Crippen LogP contribution in [0.2, 0.25) is 0 Å². The first-order valence-corrected chi connectivity index (χ1v) is 6.94. The Hall–Kier alpha value is -1.91. The molecule has 1 aromatic rings. The second-order valence-corrected chi connectivity index (χ2v) is 5.59. The van der Waals surface area contributed by atoms with Crippen LogP contribution in [0.5, 0.6) is 0 Å². The standard InChI is InChI=1S/C15H20N2O3/c1-15(14(19)20)8-2-3-12(15)17-13(18)5-4-11-6-9-16-10-7-11/h6-7,9-10,12H,2-5,8H2,1H3,(H,17,18)(H,19,20). The monoisotopic (exact) mass is 276 g/mol. The molecule has 0 aliphatic heterocycles. The van der Waals surface area contributed by atoms with Gasteiger partial charge in [-0.1, -0.05) is 6.42 Å². The van der Waals surface area contributed by atoms with Gasteiger partial charge in [-0.2, -0.15) is 0 Å². The van der Waals surface area contributed by atoms with Crippen LogP contribution in [0.4, 0.5) is 0 Å². The van der Waals surface area contributed by atoms with Gasteiger partial charge in [0.1, 0.15) is 0 Å². The van der Waals surface area contributed by atoms with E-state index in [0.29, 0.717) is 19.3 Å². The van der Waals surface area contributed by atoms with Gasteiger partial charge >= 0.3 is 5.97 Å². The maximum atomic E-state index is 12.0. The van der Waals surface area contributed by atoms with Crippen molar-refractivity contribution in [1.29, 1.82) is 0 Å². The van der Waals surface area contributed by atoms with Gasteiger partial charge in [0.2, 0.25) is 5.91 Å². The molecule has 0 spiro atoms. The fraction of sp³-hybridized carbons (Fsp3) is 0.533. The van der Waals surface area contributed by atoms with Crippen molar-refractivity contribution in [1.82, 2.24) is 10.3 Å². The van der Waals surface area contributed by atoms with Crippen molar-refractivity contribution in [3.8, 4) is 0 Å². The minimum atomic E-state index is -0.827. The van der Waals surface area contributed by atoms with E-state index in [2.05, 4.69) is 10.3 Å². The average Bonchev–Trinajstić information content (AvgIpc) is 2.80. The first-order valence-electron chi connectivity index (χ1n) is 6.94. The number of aliphatic carboxylic acids is 1. The van der Waals surface area contributed by atoms with Crippen molar-refractivity contribution in [2.45, 2.75) is 45.1 Å². The highest BCUT2D eigenvalue weighted by Gasteiger charge is 2.45. The molecule has 1 fully saturated rings. The molecule has 1 heterocycles. The van der Waals surface area contributed by atoms with Crippen molar-refractivity contribution in [2.75, 3.05) is 0 Å². The number of aromatic nitrogens is 1.